The lowest BCUT2D eigenvalue weighted by Crippen LogP contribution is -2.40. The van der Waals surface area contributed by atoms with Crippen molar-refractivity contribution in [1.82, 2.24) is 4.31 Å². The zero-order valence-corrected chi connectivity index (χ0v) is 12.5. The molecule has 0 aliphatic carbocycles. The van der Waals surface area contributed by atoms with Crippen molar-refractivity contribution < 1.29 is 26.3 Å². The van der Waals surface area contributed by atoms with Crippen LogP contribution in [0.3, 0.4) is 0 Å². The van der Waals surface area contributed by atoms with E-state index in [1.165, 1.54) is 4.31 Å². The molecule has 5 nitrogen and oxygen atoms in total. The Morgan fingerprint density at radius 3 is 2.45 bits per heavy atom. The molecule has 124 valence electrons. The largest absolute Gasteiger partial charge is 0.432 e. The molecule has 2 rings (SSSR count). The van der Waals surface area contributed by atoms with Gasteiger partial charge in [-0.25, -0.2) is 12.8 Å². The van der Waals surface area contributed by atoms with Gasteiger partial charge in [0.1, 0.15) is 0 Å². The van der Waals surface area contributed by atoms with Gasteiger partial charge in [0.15, 0.2) is 11.6 Å². The van der Waals surface area contributed by atoms with E-state index >= 15 is 0 Å². The van der Waals surface area contributed by atoms with Crippen LogP contribution < -0.4 is 10.5 Å². The van der Waals surface area contributed by atoms with Gasteiger partial charge in [0, 0.05) is 13.1 Å². The van der Waals surface area contributed by atoms with Crippen LogP contribution in [0, 0.1) is 11.7 Å². The molecule has 0 saturated carbocycles. The highest BCUT2D eigenvalue weighted by Crippen LogP contribution is 2.27. The molecule has 2 N–H and O–H groups in total. The third-order valence-electron chi connectivity index (χ3n) is 3.66. The summed E-state index contributed by atoms with van der Waals surface area (Å²) in [6, 6.07) is 2.65. The summed E-state index contributed by atoms with van der Waals surface area (Å²) in [4.78, 5) is -0.280. The lowest BCUT2D eigenvalue weighted by atomic mass is 9.99. The number of halogens is 3. The Balaban J connectivity index is 2.18. The molecule has 0 unspecified atom stereocenters. The number of alkyl halides is 2. The van der Waals surface area contributed by atoms with Crippen LogP contribution >= 0.6 is 0 Å². The van der Waals surface area contributed by atoms with Crippen LogP contribution in [0.4, 0.5) is 13.2 Å². The highest BCUT2D eigenvalue weighted by molar-refractivity contribution is 7.89. The van der Waals surface area contributed by atoms with Crippen molar-refractivity contribution in [3.63, 3.8) is 0 Å². The number of hydrogen-bond donors (Lipinski definition) is 1. The average Bonchev–Trinajstić information content (AvgIpc) is 2.49. The summed E-state index contributed by atoms with van der Waals surface area (Å²) < 4.78 is 67.8. The molecular formula is C13H17F3N2O3S. The molecule has 0 aromatic heterocycles. The molecule has 1 aromatic rings. The monoisotopic (exact) mass is 338 g/mol. The summed E-state index contributed by atoms with van der Waals surface area (Å²) in [7, 11) is -3.85. The molecule has 1 aromatic carbocycles. The van der Waals surface area contributed by atoms with E-state index in [4.69, 9.17) is 5.73 Å². The Bertz CT molecular complexity index is 617. The molecule has 0 spiro atoms. The second-order valence-corrected chi connectivity index (χ2v) is 6.99. The number of sulfonamides is 1. The summed E-state index contributed by atoms with van der Waals surface area (Å²) in [6.45, 7) is -2.06. The number of piperidine rings is 1. The van der Waals surface area contributed by atoms with E-state index in [0.29, 0.717) is 38.5 Å². The second kappa shape index (κ2) is 6.84. The first kappa shape index (κ1) is 17.0. The normalized spacial score (nSPS) is 17.9. The smallest absolute Gasteiger partial charge is 0.387 e. The van der Waals surface area contributed by atoms with Gasteiger partial charge in [-0.15, -0.1) is 0 Å². The van der Waals surface area contributed by atoms with Gasteiger partial charge in [0.25, 0.3) is 0 Å². The van der Waals surface area contributed by atoms with Crippen molar-refractivity contribution in [1.29, 1.82) is 0 Å². The first-order valence-corrected chi connectivity index (χ1v) is 8.23. The molecule has 0 atom stereocenters. The Morgan fingerprint density at radius 2 is 1.95 bits per heavy atom. The summed E-state index contributed by atoms with van der Waals surface area (Å²) in [5.74, 6) is -1.54. The zero-order valence-electron chi connectivity index (χ0n) is 11.7. The summed E-state index contributed by atoms with van der Waals surface area (Å²) in [5, 5.41) is 0. The number of benzene rings is 1. The molecule has 1 fully saturated rings. The summed E-state index contributed by atoms with van der Waals surface area (Å²) >= 11 is 0. The minimum Gasteiger partial charge on any atom is -0.432 e. The van der Waals surface area contributed by atoms with Crippen LogP contribution in [-0.2, 0) is 10.0 Å². The maximum Gasteiger partial charge on any atom is 0.387 e. The van der Waals surface area contributed by atoms with Gasteiger partial charge in [-0.2, -0.15) is 13.1 Å². The molecule has 0 bridgehead atoms. The number of ether oxygens (including phenoxy) is 1. The molecule has 0 amide bonds. The number of nitrogens with two attached hydrogens (primary N) is 1. The van der Waals surface area contributed by atoms with Gasteiger partial charge in [0.2, 0.25) is 10.0 Å². The SMILES string of the molecule is NCC1CCN(S(=O)(=O)c2ccc(OC(F)F)c(F)c2)CC1. The van der Waals surface area contributed by atoms with E-state index in [1.54, 1.807) is 0 Å². The van der Waals surface area contributed by atoms with Gasteiger partial charge in [-0.3, -0.25) is 0 Å². The highest BCUT2D eigenvalue weighted by Gasteiger charge is 2.29. The van der Waals surface area contributed by atoms with E-state index in [1.807, 2.05) is 0 Å². The van der Waals surface area contributed by atoms with Crippen LogP contribution in [0.15, 0.2) is 23.1 Å². The van der Waals surface area contributed by atoms with Crippen molar-refractivity contribution in [2.24, 2.45) is 11.7 Å². The van der Waals surface area contributed by atoms with Gasteiger partial charge in [-0.05, 0) is 43.5 Å². The third kappa shape index (κ3) is 3.71. The average molecular weight is 338 g/mol. The van der Waals surface area contributed by atoms with Crippen molar-refractivity contribution in [3.05, 3.63) is 24.0 Å². The molecular weight excluding hydrogens is 321 g/mol. The fraction of sp³-hybridized carbons (Fsp3) is 0.538. The van der Waals surface area contributed by atoms with Gasteiger partial charge >= 0.3 is 6.61 Å². The van der Waals surface area contributed by atoms with Crippen molar-refractivity contribution >= 4 is 10.0 Å². The standard InChI is InChI=1S/C13H17F3N2O3S/c14-11-7-10(1-2-12(11)21-13(15)16)22(19,20)18-5-3-9(8-17)4-6-18/h1-2,7,9,13H,3-6,8,17H2. The Kier molecular flexibility index (Phi) is 5.30. The van der Waals surface area contributed by atoms with Crippen LogP contribution in [0.5, 0.6) is 5.75 Å². The van der Waals surface area contributed by atoms with Gasteiger partial charge in [-0.1, -0.05) is 0 Å². The van der Waals surface area contributed by atoms with Crippen LogP contribution in [0.25, 0.3) is 0 Å². The van der Waals surface area contributed by atoms with E-state index in [2.05, 4.69) is 4.74 Å². The highest BCUT2D eigenvalue weighted by atomic mass is 32.2. The molecule has 1 saturated heterocycles. The fourth-order valence-corrected chi connectivity index (χ4v) is 3.85. The van der Waals surface area contributed by atoms with Gasteiger partial charge in [0.05, 0.1) is 4.90 Å². The van der Waals surface area contributed by atoms with Gasteiger partial charge < -0.3 is 10.5 Å². The molecule has 0 radical (unpaired) electrons. The van der Waals surface area contributed by atoms with E-state index in [-0.39, 0.29) is 10.8 Å². The predicted octanol–water partition coefficient (Wildman–Crippen LogP) is 1.79. The maximum absolute atomic E-state index is 13.7. The molecule has 22 heavy (non-hydrogen) atoms. The molecule has 9 heteroatoms. The lowest BCUT2D eigenvalue weighted by Gasteiger charge is -2.30. The number of rotatable bonds is 5. The first-order chi connectivity index (χ1) is 10.3. The molecule has 1 aliphatic rings. The Morgan fingerprint density at radius 1 is 1.32 bits per heavy atom. The minimum atomic E-state index is -3.85. The fourth-order valence-electron chi connectivity index (χ4n) is 2.37. The van der Waals surface area contributed by atoms with Crippen molar-refractivity contribution in [2.75, 3.05) is 19.6 Å². The zero-order chi connectivity index (χ0) is 16.3. The van der Waals surface area contributed by atoms with Crippen LogP contribution in [0.1, 0.15) is 12.8 Å². The van der Waals surface area contributed by atoms with Crippen LogP contribution in [0.2, 0.25) is 0 Å². The second-order valence-electron chi connectivity index (χ2n) is 5.05. The summed E-state index contributed by atoms with van der Waals surface area (Å²) in [6.07, 6.45) is 1.29. The van der Waals surface area contributed by atoms with E-state index in [9.17, 15) is 21.6 Å². The van der Waals surface area contributed by atoms with E-state index < -0.39 is 28.2 Å². The number of nitrogens with zero attached hydrogens (tertiary/aromatic N) is 1. The Hall–Kier alpha value is -1.32. The van der Waals surface area contributed by atoms with Crippen molar-refractivity contribution in [3.8, 4) is 5.75 Å². The maximum atomic E-state index is 13.7. The lowest BCUT2D eigenvalue weighted by molar-refractivity contribution is -0.0522. The molecule has 1 aliphatic heterocycles. The summed E-state index contributed by atoms with van der Waals surface area (Å²) in [5.41, 5.74) is 5.55. The van der Waals surface area contributed by atoms with Crippen LogP contribution in [-0.4, -0.2) is 39.0 Å². The minimum absolute atomic E-state index is 0.280. The topological polar surface area (TPSA) is 72.6 Å². The quantitative estimate of drug-likeness (QED) is 0.888. The first-order valence-electron chi connectivity index (χ1n) is 6.79. The van der Waals surface area contributed by atoms with Crippen molar-refractivity contribution in [2.45, 2.75) is 24.3 Å². The number of hydrogen-bond acceptors (Lipinski definition) is 4. The predicted molar refractivity (Wildman–Crippen MR) is 73.6 cm³/mol. The van der Waals surface area contributed by atoms with E-state index in [0.717, 1.165) is 12.1 Å². The third-order valence-corrected chi connectivity index (χ3v) is 5.56. The molecule has 1 heterocycles. The Labute approximate surface area is 126 Å².